The van der Waals surface area contributed by atoms with Gasteiger partial charge in [-0.25, -0.2) is 4.99 Å². The Morgan fingerprint density at radius 1 is 1.17 bits per heavy atom. The Morgan fingerprint density at radius 2 is 1.90 bits per heavy atom. The van der Waals surface area contributed by atoms with Crippen LogP contribution in [0.3, 0.4) is 0 Å². The molecule has 1 aromatic heterocycles. The van der Waals surface area contributed by atoms with Gasteiger partial charge in [0.15, 0.2) is 5.96 Å². The molecule has 0 spiro atoms. The summed E-state index contributed by atoms with van der Waals surface area (Å²) in [5.41, 5.74) is 3.69. The van der Waals surface area contributed by atoms with Crippen molar-refractivity contribution in [2.45, 2.75) is 26.4 Å². The van der Waals surface area contributed by atoms with Gasteiger partial charge in [-0.1, -0.05) is 29.8 Å². The van der Waals surface area contributed by atoms with E-state index in [9.17, 15) is 0 Å². The summed E-state index contributed by atoms with van der Waals surface area (Å²) in [6.45, 7) is 9.89. The van der Waals surface area contributed by atoms with E-state index >= 15 is 0 Å². The highest BCUT2D eigenvalue weighted by Crippen LogP contribution is 2.21. The van der Waals surface area contributed by atoms with Crippen molar-refractivity contribution in [2.75, 3.05) is 39.4 Å². The second-order valence-electron chi connectivity index (χ2n) is 7.10. The fraction of sp³-hybridized carbons (Fsp3) is 0.524. The topological polar surface area (TPSA) is 66.7 Å². The van der Waals surface area contributed by atoms with Crippen LogP contribution in [-0.4, -0.2) is 60.0 Å². The van der Waals surface area contributed by atoms with Gasteiger partial charge in [0.1, 0.15) is 0 Å². The van der Waals surface area contributed by atoms with Gasteiger partial charge in [-0.2, -0.15) is 5.10 Å². The van der Waals surface area contributed by atoms with Crippen LogP contribution in [0.25, 0.3) is 0 Å². The highest BCUT2D eigenvalue weighted by Gasteiger charge is 2.22. The molecule has 160 valence electrons. The molecule has 0 radical (unpaired) electrons. The minimum atomic E-state index is 0. The number of rotatable bonds is 7. The van der Waals surface area contributed by atoms with Crippen LogP contribution in [0.1, 0.15) is 29.8 Å². The molecule has 3 rings (SSSR count). The molecule has 0 bridgehead atoms. The Balaban J connectivity index is 0.00000300. The van der Waals surface area contributed by atoms with Gasteiger partial charge in [0, 0.05) is 39.4 Å². The monoisotopic (exact) mass is 512 g/mol. The molecule has 0 saturated carbocycles. The van der Waals surface area contributed by atoms with Crippen molar-refractivity contribution in [3.05, 3.63) is 53.3 Å². The Bertz CT molecular complexity index is 755. The number of aromatic nitrogens is 2. The summed E-state index contributed by atoms with van der Waals surface area (Å²) in [7, 11) is 1.94. The van der Waals surface area contributed by atoms with Crippen molar-refractivity contribution in [1.29, 1.82) is 0 Å². The van der Waals surface area contributed by atoms with Gasteiger partial charge in [-0.3, -0.25) is 9.58 Å². The zero-order valence-electron chi connectivity index (χ0n) is 17.6. The van der Waals surface area contributed by atoms with Crippen molar-refractivity contribution >= 4 is 29.9 Å². The SMILES string of the molecule is CCNC(=NCc1ccnn1C)NCC(c1ccc(C)cc1)N1CCOCC1.I. The number of aliphatic imine (C=N–C) groups is 1. The molecule has 29 heavy (non-hydrogen) atoms. The summed E-state index contributed by atoms with van der Waals surface area (Å²) in [5, 5.41) is 11.1. The van der Waals surface area contributed by atoms with Gasteiger partial charge >= 0.3 is 0 Å². The summed E-state index contributed by atoms with van der Waals surface area (Å²) in [4.78, 5) is 7.22. The Labute approximate surface area is 190 Å². The molecule has 8 heteroatoms. The van der Waals surface area contributed by atoms with E-state index in [0.717, 1.165) is 51.0 Å². The molecule has 0 aliphatic carbocycles. The van der Waals surface area contributed by atoms with Crippen LogP contribution in [-0.2, 0) is 18.3 Å². The van der Waals surface area contributed by atoms with E-state index in [0.29, 0.717) is 6.54 Å². The van der Waals surface area contributed by atoms with Crippen molar-refractivity contribution < 1.29 is 4.74 Å². The zero-order valence-corrected chi connectivity index (χ0v) is 19.9. The Kier molecular flexibility index (Phi) is 9.89. The van der Waals surface area contributed by atoms with Gasteiger partial charge in [0.25, 0.3) is 0 Å². The number of guanidine groups is 1. The normalized spacial score (nSPS) is 16.2. The van der Waals surface area contributed by atoms with E-state index in [1.54, 1.807) is 6.20 Å². The van der Waals surface area contributed by atoms with E-state index in [1.165, 1.54) is 11.1 Å². The predicted molar refractivity (Wildman–Crippen MR) is 128 cm³/mol. The van der Waals surface area contributed by atoms with E-state index in [4.69, 9.17) is 9.73 Å². The van der Waals surface area contributed by atoms with Gasteiger partial charge < -0.3 is 15.4 Å². The van der Waals surface area contributed by atoms with Gasteiger partial charge in [-0.05, 0) is 25.5 Å². The van der Waals surface area contributed by atoms with Crippen molar-refractivity contribution in [3.8, 4) is 0 Å². The molecule has 0 amide bonds. The lowest BCUT2D eigenvalue weighted by atomic mass is 10.0. The first-order valence-corrected chi connectivity index (χ1v) is 10.0. The number of nitrogens with zero attached hydrogens (tertiary/aromatic N) is 4. The second kappa shape index (κ2) is 12.1. The van der Waals surface area contributed by atoms with Crippen LogP contribution < -0.4 is 10.6 Å². The number of aryl methyl sites for hydroxylation is 2. The quantitative estimate of drug-likeness (QED) is 0.339. The molecule has 1 saturated heterocycles. The third-order valence-electron chi connectivity index (χ3n) is 5.08. The maximum absolute atomic E-state index is 5.55. The van der Waals surface area contributed by atoms with Crippen molar-refractivity contribution in [2.24, 2.45) is 12.0 Å². The van der Waals surface area contributed by atoms with Crippen LogP contribution >= 0.6 is 24.0 Å². The molecule has 1 aromatic carbocycles. The maximum atomic E-state index is 5.55. The number of halogens is 1. The van der Waals surface area contributed by atoms with E-state index in [-0.39, 0.29) is 30.0 Å². The first-order valence-electron chi connectivity index (χ1n) is 10.0. The highest BCUT2D eigenvalue weighted by molar-refractivity contribution is 14.0. The average Bonchev–Trinajstić information content (AvgIpc) is 3.13. The number of hydrogen-bond donors (Lipinski definition) is 2. The lowest BCUT2D eigenvalue weighted by Gasteiger charge is -2.35. The zero-order chi connectivity index (χ0) is 19.8. The third kappa shape index (κ3) is 6.97. The predicted octanol–water partition coefficient (Wildman–Crippen LogP) is 2.48. The fourth-order valence-electron chi connectivity index (χ4n) is 3.39. The smallest absolute Gasteiger partial charge is 0.191 e. The number of morpholine rings is 1. The van der Waals surface area contributed by atoms with Gasteiger partial charge in [-0.15, -0.1) is 24.0 Å². The molecular weight excluding hydrogens is 479 g/mol. The summed E-state index contributed by atoms with van der Waals surface area (Å²) in [6.07, 6.45) is 1.80. The second-order valence-corrected chi connectivity index (χ2v) is 7.10. The highest BCUT2D eigenvalue weighted by atomic mass is 127. The van der Waals surface area contributed by atoms with Crippen LogP contribution in [0, 0.1) is 6.92 Å². The lowest BCUT2D eigenvalue weighted by molar-refractivity contribution is 0.0170. The Morgan fingerprint density at radius 3 is 2.52 bits per heavy atom. The average molecular weight is 512 g/mol. The van der Waals surface area contributed by atoms with E-state index in [2.05, 4.69) is 58.7 Å². The van der Waals surface area contributed by atoms with Gasteiger partial charge in [0.05, 0.1) is 31.5 Å². The first kappa shape index (κ1) is 23.6. The van der Waals surface area contributed by atoms with Crippen LogP contribution in [0.15, 0.2) is 41.5 Å². The van der Waals surface area contributed by atoms with Crippen molar-refractivity contribution in [3.63, 3.8) is 0 Å². The molecule has 1 fully saturated rings. The van der Waals surface area contributed by atoms with Crippen LogP contribution in [0.5, 0.6) is 0 Å². The Hall–Kier alpha value is -1.65. The number of benzene rings is 1. The number of nitrogens with one attached hydrogen (secondary N) is 2. The first-order chi connectivity index (χ1) is 13.7. The molecule has 1 aliphatic rings. The summed E-state index contributed by atoms with van der Waals surface area (Å²) in [5.74, 6) is 0.828. The molecule has 1 atom stereocenters. The molecule has 2 aromatic rings. The van der Waals surface area contributed by atoms with Gasteiger partial charge in [0.2, 0.25) is 0 Å². The van der Waals surface area contributed by atoms with E-state index < -0.39 is 0 Å². The standard InChI is InChI=1S/C21H32N6O.HI/c1-4-22-21(23-15-19-9-10-25-26(19)3)24-16-20(27-11-13-28-14-12-27)18-7-5-17(2)6-8-18;/h5-10,20H,4,11-16H2,1-3H3,(H2,22,23,24);1H. The minimum Gasteiger partial charge on any atom is -0.379 e. The largest absolute Gasteiger partial charge is 0.379 e. The number of hydrogen-bond acceptors (Lipinski definition) is 4. The maximum Gasteiger partial charge on any atom is 0.191 e. The summed E-state index contributed by atoms with van der Waals surface area (Å²) in [6, 6.07) is 11.1. The van der Waals surface area contributed by atoms with E-state index in [1.807, 2.05) is 17.8 Å². The van der Waals surface area contributed by atoms with Crippen molar-refractivity contribution in [1.82, 2.24) is 25.3 Å². The minimum absolute atomic E-state index is 0. The molecular formula is C21H33IN6O. The van der Waals surface area contributed by atoms with Crippen LogP contribution in [0.2, 0.25) is 0 Å². The number of ether oxygens (including phenoxy) is 1. The molecule has 2 heterocycles. The molecule has 7 nitrogen and oxygen atoms in total. The molecule has 1 aliphatic heterocycles. The lowest BCUT2D eigenvalue weighted by Crippen LogP contribution is -2.46. The molecule has 1 unspecified atom stereocenters. The fourth-order valence-corrected chi connectivity index (χ4v) is 3.39. The summed E-state index contributed by atoms with van der Waals surface area (Å²) < 4.78 is 7.41. The summed E-state index contributed by atoms with van der Waals surface area (Å²) >= 11 is 0. The van der Waals surface area contributed by atoms with Crippen LogP contribution in [0.4, 0.5) is 0 Å². The molecule has 2 N–H and O–H groups in total. The third-order valence-corrected chi connectivity index (χ3v) is 5.08.